The summed E-state index contributed by atoms with van der Waals surface area (Å²) < 4.78 is 5.15. The molecule has 2 heteroatoms. The van der Waals surface area contributed by atoms with E-state index < -0.39 is 0 Å². The van der Waals surface area contributed by atoms with Crippen LogP contribution < -0.4 is 0 Å². The molecule has 0 saturated heterocycles. The van der Waals surface area contributed by atoms with Gasteiger partial charge in [-0.1, -0.05) is 13.3 Å². The maximum absolute atomic E-state index is 5.15. The molecule has 0 aromatic carbocycles. The Morgan fingerprint density at radius 2 is 2.12 bits per heavy atom. The summed E-state index contributed by atoms with van der Waals surface area (Å²) in [5.74, 6) is 0.837. The summed E-state index contributed by atoms with van der Waals surface area (Å²) in [6.07, 6.45) is 2.39. The van der Waals surface area contributed by atoms with Gasteiger partial charge in [-0.25, -0.2) is 0 Å². The third-order valence-corrected chi connectivity index (χ3v) is 1.06. The maximum atomic E-state index is 5.15. The van der Waals surface area contributed by atoms with E-state index in [1.54, 1.807) is 0 Å². The van der Waals surface area contributed by atoms with E-state index in [1.165, 1.54) is 12.8 Å². The van der Waals surface area contributed by atoms with Gasteiger partial charge >= 0.3 is 0 Å². The molecule has 0 aromatic rings. The molecule has 0 rings (SSSR count). The minimum Gasteiger partial charge on any atom is -0.381 e. The molecular weight excluding hydrogens is 120 g/mol. The molecule has 0 heterocycles. The highest BCUT2D eigenvalue weighted by molar-refractivity contribution is 7.80. The van der Waals surface area contributed by atoms with Crippen molar-refractivity contribution in [2.24, 2.45) is 0 Å². The highest BCUT2D eigenvalue weighted by Crippen LogP contribution is 1.87. The lowest BCUT2D eigenvalue weighted by Crippen LogP contribution is -1.96. The second-order valence-electron chi connectivity index (χ2n) is 1.69. The van der Waals surface area contributed by atoms with Gasteiger partial charge < -0.3 is 4.74 Å². The molecule has 0 aromatic heterocycles. The van der Waals surface area contributed by atoms with Gasteiger partial charge in [0.15, 0.2) is 0 Å². The standard InChI is InChI=1S/C6H14OS/c1-2-3-4-7-5-6-8/h8H,2-6H2,1H3. The molecule has 0 atom stereocenters. The summed E-state index contributed by atoms with van der Waals surface area (Å²) in [7, 11) is 0. The molecule has 50 valence electrons. The zero-order chi connectivity index (χ0) is 6.24. The molecule has 0 bridgehead atoms. The number of ether oxygens (including phenoxy) is 1. The number of thiol groups is 1. The summed E-state index contributed by atoms with van der Waals surface area (Å²) in [6, 6.07) is 0. The molecule has 0 aliphatic rings. The molecule has 0 aliphatic carbocycles. The lowest BCUT2D eigenvalue weighted by atomic mass is 10.4. The number of rotatable bonds is 5. The largest absolute Gasteiger partial charge is 0.381 e. The first-order valence-corrected chi connectivity index (χ1v) is 3.73. The van der Waals surface area contributed by atoms with E-state index in [4.69, 9.17) is 4.74 Å². The summed E-state index contributed by atoms with van der Waals surface area (Å²) in [5, 5.41) is 0. The monoisotopic (exact) mass is 134 g/mol. The average Bonchev–Trinajstić information content (AvgIpc) is 1.81. The van der Waals surface area contributed by atoms with Crippen LogP contribution in [0.5, 0.6) is 0 Å². The normalized spacial score (nSPS) is 9.75. The first-order valence-electron chi connectivity index (χ1n) is 3.10. The van der Waals surface area contributed by atoms with Crippen LogP contribution in [0.2, 0.25) is 0 Å². The molecule has 0 radical (unpaired) electrons. The Kier molecular flexibility index (Phi) is 7.59. The molecule has 0 amide bonds. The first-order chi connectivity index (χ1) is 3.91. The van der Waals surface area contributed by atoms with E-state index in [-0.39, 0.29) is 0 Å². The van der Waals surface area contributed by atoms with Crippen LogP contribution in [0.25, 0.3) is 0 Å². The Bertz CT molecular complexity index is 33.5. The third-order valence-electron chi connectivity index (χ3n) is 0.878. The molecule has 8 heavy (non-hydrogen) atoms. The van der Waals surface area contributed by atoms with Crippen molar-refractivity contribution in [2.45, 2.75) is 19.8 Å². The third kappa shape index (κ3) is 6.31. The fourth-order valence-corrected chi connectivity index (χ4v) is 0.542. The van der Waals surface area contributed by atoms with Gasteiger partial charge in [-0.15, -0.1) is 0 Å². The van der Waals surface area contributed by atoms with Gasteiger partial charge in [0.05, 0.1) is 6.61 Å². The smallest absolute Gasteiger partial charge is 0.0554 e. The molecular formula is C6H14OS. The van der Waals surface area contributed by atoms with E-state index in [2.05, 4.69) is 19.6 Å². The van der Waals surface area contributed by atoms with Crippen LogP contribution in [0.4, 0.5) is 0 Å². The first kappa shape index (κ1) is 8.31. The second-order valence-corrected chi connectivity index (χ2v) is 2.14. The number of unbranched alkanes of at least 4 members (excludes halogenated alkanes) is 1. The van der Waals surface area contributed by atoms with Crippen molar-refractivity contribution < 1.29 is 4.74 Å². The highest BCUT2D eigenvalue weighted by atomic mass is 32.1. The summed E-state index contributed by atoms with van der Waals surface area (Å²) in [4.78, 5) is 0. The summed E-state index contributed by atoms with van der Waals surface area (Å²) >= 11 is 4.00. The van der Waals surface area contributed by atoms with Gasteiger partial charge in [-0.05, 0) is 6.42 Å². The average molecular weight is 134 g/mol. The van der Waals surface area contributed by atoms with Crippen LogP contribution in [0.15, 0.2) is 0 Å². The van der Waals surface area contributed by atoms with Crippen molar-refractivity contribution >= 4 is 12.6 Å². The van der Waals surface area contributed by atoms with Crippen LogP contribution in [0.3, 0.4) is 0 Å². The molecule has 1 nitrogen and oxygen atoms in total. The Hall–Kier alpha value is 0.310. The van der Waals surface area contributed by atoms with Gasteiger partial charge in [-0.2, -0.15) is 12.6 Å². The lowest BCUT2D eigenvalue weighted by Gasteiger charge is -1.97. The Balaban J connectivity index is 2.53. The second kappa shape index (κ2) is 7.31. The van der Waals surface area contributed by atoms with Crippen LogP contribution in [-0.2, 0) is 4.74 Å². The Morgan fingerprint density at radius 3 is 2.62 bits per heavy atom. The van der Waals surface area contributed by atoms with Crippen molar-refractivity contribution in [3.63, 3.8) is 0 Å². The van der Waals surface area contributed by atoms with Gasteiger partial charge in [0.25, 0.3) is 0 Å². The van der Waals surface area contributed by atoms with Crippen LogP contribution >= 0.6 is 12.6 Å². The zero-order valence-corrected chi connectivity index (χ0v) is 6.29. The predicted molar refractivity (Wildman–Crippen MR) is 39.6 cm³/mol. The zero-order valence-electron chi connectivity index (χ0n) is 5.39. The van der Waals surface area contributed by atoms with E-state index in [0.29, 0.717) is 0 Å². The van der Waals surface area contributed by atoms with Crippen molar-refractivity contribution in [2.75, 3.05) is 19.0 Å². The van der Waals surface area contributed by atoms with Crippen LogP contribution in [0.1, 0.15) is 19.8 Å². The molecule has 0 saturated carbocycles. The SMILES string of the molecule is CCCCOCCS. The van der Waals surface area contributed by atoms with Gasteiger partial charge in [0, 0.05) is 12.4 Å². The van der Waals surface area contributed by atoms with E-state index in [0.717, 1.165) is 19.0 Å². The highest BCUT2D eigenvalue weighted by Gasteiger charge is 1.82. The van der Waals surface area contributed by atoms with Crippen molar-refractivity contribution in [1.82, 2.24) is 0 Å². The van der Waals surface area contributed by atoms with Crippen LogP contribution in [0, 0.1) is 0 Å². The van der Waals surface area contributed by atoms with E-state index in [1.807, 2.05) is 0 Å². The van der Waals surface area contributed by atoms with Crippen LogP contribution in [-0.4, -0.2) is 19.0 Å². The van der Waals surface area contributed by atoms with Gasteiger partial charge in [-0.3, -0.25) is 0 Å². The van der Waals surface area contributed by atoms with E-state index in [9.17, 15) is 0 Å². The number of hydrogen-bond donors (Lipinski definition) is 1. The molecule has 0 fully saturated rings. The quantitative estimate of drug-likeness (QED) is 0.445. The fraction of sp³-hybridized carbons (Fsp3) is 1.00. The number of hydrogen-bond acceptors (Lipinski definition) is 2. The fourth-order valence-electron chi connectivity index (χ4n) is 0.413. The summed E-state index contributed by atoms with van der Waals surface area (Å²) in [6.45, 7) is 3.85. The maximum Gasteiger partial charge on any atom is 0.0554 e. The summed E-state index contributed by atoms with van der Waals surface area (Å²) in [5.41, 5.74) is 0. The van der Waals surface area contributed by atoms with Crippen molar-refractivity contribution in [3.8, 4) is 0 Å². The van der Waals surface area contributed by atoms with E-state index >= 15 is 0 Å². The molecule has 0 unspecified atom stereocenters. The minimum atomic E-state index is 0.795. The van der Waals surface area contributed by atoms with Crippen molar-refractivity contribution in [3.05, 3.63) is 0 Å². The molecule has 0 aliphatic heterocycles. The van der Waals surface area contributed by atoms with Gasteiger partial charge in [0.1, 0.15) is 0 Å². The molecule has 0 N–H and O–H groups in total. The van der Waals surface area contributed by atoms with Crippen molar-refractivity contribution in [1.29, 1.82) is 0 Å². The molecule has 0 spiro atoms. The minimum absolute atomic E-state index is 0.795. The Morgan fingerprint density at radius 1 is 1.38 bits per heavy atom. The predicted octanol–water partition coefficient (Wildman–Crippen LogP) is 1.73. The lowest BCUT2D eigenvalue weighted by molar-refractivity contribution is 0.147. The Labute approximate surface area is 56.8 Å². The van der Waals surface area contributed by atoms with Gasteiger partial charge in [0.2, 0.25) is 0 Å². The topological polar surface area (TPSA) is 9.23 Å².